The molecule has 11 heteroatoms. The third-order valence-electron chi connectivity index (χ3n) is 3.04. The lowest BCUT2D eigenvalue weighted by Gasteiger charge is -2.12. The summed E-state index contributed by atoms with van der Waals surface area (Å²) in [5.74, 6) is 0.362. The van der Waals surface area contributed by atoms with E-state index in [1.807, 2.05) is 6.92 Å². The van der Waals surface area contributed by atoms with Gasteiger partial charge in [0.1, 0.15) is 6.61 Å². The van der Waals surface area contributed by atoms with Gasteiger partial charge in [-0.1, -0.05) is 12.1 Å². The summed E-state index contributed by atoms with van der Waals surface area (Å²) < 4.78 is 78.3. The van der Waals surface area contributed by atoms with E-state index in [9.17, 15) is 26.3 Å². The van der Waals surface area contributed by atoms with Gasteiger partial charge in [-0.25, -0.2) is 4.99 Å². The first-order valence-electron chi connectivity index (χ1n) is 7.94. The van der Waals surface area contributed by atoms with Gasteiger partial charge in [-0.3, -0.25) is 0 Å². The van der Waals surface area contributed by atoms with E-state index in [0.717, 1.165) is 12.1 Å². The Morgan fingerprint density at radius 1 is 1.11 bits per heavy atom. The van der Waals surface area contributed by atoms with Crippen molar-refractivity contribution < 1.29 is 31.1 Å². The van der Waals surface area contributed by atoms with Gasteiger partial charge >= 0.3 is 12.4 Å². The molecule has 1 aromatic carbocycles. The minimum absolute atomic E-state index is 0. The summed E-state index contributed by atoms with van der Waals surface area (Å²) in [7, 11) is 0. The average molecular weight is 513 g/mol. The lowest BCUT2D eigenvalue weighted by molar-refractivity contribution is -0.173. The zero-order valence-electron chi connectivity index (χ0n) is 14.6. The number of rotatable bonds is 8. The fourth-order valence-electron chi connectivity index (χ4n) is 1.93. The molecule has 0 aliphatic carbocycles. The van der Waals surface area contributed by atoms with Crippen LogP contribution in [0.4, 0.5) is 26.3 Å². The van der Waals surface area contributed by atoms with Crippen LogP contribution < -0.4 is 10.6 Å². The first-order valence-corrected chi connectivity index (χ1v) is 7.94. The first kappa shape index (κ1) is 25.8. The van der Waals surface area contributed by atoms with E-state index in [0.29, 0.717) is 31.0 Å². The van der Waals surface area contributed by atoms with Gasteiger partial charge in [0.15, 0.2) is 5.96 Å². The first-order chi connectivity index (χ1) is 12.1. The van der Waals surface area contributed by atoms with E-state index in [-0.39, 0.29) is 37.1 Å². The maximum atomic E-state index is 12.7. The molecule has 0 radical (unpaired) electrons. The minimum Gasteiger partial charge on any atom is -0.372 e. The summed E-state index contributed by atoms with van der Waals surface area (Å²) in [4.78, 5) is 4.17. The summed E-state index contributed by atoms with van der Waals surface area (Å²) in [5.41, 5.74) is -0.351. The predicted octanol–water partition coefficient (Wildman–Crippen LogP) is 4.35. The van der Waals surface area contributed by atoms with E-state index in [1.165, 1.54) is 12.1 Å². The minimum atomic E-state index is -4.42. The molecule has 0 aliphatic rings. The van der Waals surface area contributed by atoms with Crippen molar-refractivity contribution in [3.8, 4) is 0 Å². The quantitative estimate of drug-likeness (QED) is 0.179. The van der Waals surface area contributed by atoms with E-state index >= 15 is 0 Å². The Labute approximate surface area is 170 Å². The van der Waals surface area contributed by atoms with E-state index in [2.05, 4.69) is 20.4 Å². The number of nitrogens with zero attached hydrogens (tertiary/aromatic N) is 1. The Morgan fingerprint density at radius 3 is 2.41 bits per heavy atom. The SMILES string of the molecule is CCNC(=NCc1cccc(C(F)(F)F)c1)NCCCOCC(F)(F)F.I. The fourth-order valence-corrected chi connectivity index (χ4v) is 1.93. The van der Waals surface area contributed by atoms with Crippen LogP contribution in [-0.2, 0) is 17.5 Å². The smallest absolute Gasteiger partial charge is 0.372 e. The van der Waals surface area contributed by atoms with Gasteiger partial charge in [0.05, 0.1) is 12.1 Å². The summed E-state index contributed by atoms with van der Waals surface area (Å²) in [6.07, 6.45) is -8.45. The molecule has 0 bridgehead atoms. The highest BCUT2D eigenvalue weighted by Gasteiger charge is 2.30. The predicted molar refractivity (Wildman–Crippen MR) is 101 cm³/mol. The van der Waals surface area contributed by atoms with Crippen molar-refractivity contribution in [1.82, 2.24) is 10.6 Å². The molecule has 0 atom stereocenters. The molecule has 0 fully saturated rings. The molecule has 0 spiro atoms. The number of ether oxygens (including phenoxy) is 1. The van der Waals surface area contributed by atoms with Crippen molar-refractivity contribution in [2.75, 3.05) is 26.3 Å². The lowest BCUT2D eigenvalue weighted by atomic mass is 10.1. The maximum Gasteiger partial charge on any atom is 0.416 e. The topological polar surface area (TPSA) is 45.7 Å². The molecular weight excluding hydrogens is 491 g/mol. The zero-order valence-corrected chi connectivity index (χ0v) is 16.9. The molecule has 2 N–H and O–H groups in total. The van der Waals surface area contributed by atoms with Crippen molar-refractivity contribution in [2.45, 2.75) is 32.2 Å². The standard InChI is InChI=1S/C16H21F6N3O.HI/c1-2-23-14(24-7-4-8-26-11-15(17,18)19)25-10-12-5-3-6-13(9-12)16(20,21)22;/h3,5-6,9H,2,4,7-8,10-11H2,1H3,(H2,23,24,25);1H. The number of halogens is 7. The van der Waals surface area contributed by atoms with Gasteiger partial charge in [0.2, 0.25) is 0 Å². The van der Waals surface area contributed by atoms with Crippen LogP contribution in [0.25, 0.3) is 0 Å². The van der Waals surface area contributed by atoms with Gasteiger partial charge in [-0.2, -0.15) is 26.3 Å². The van der Waals surface area contributed by atoms with Gasteiger partial charge in [-0.15, -0.1) is 24.0 Å². The van der Waals surface area contributed by atoms with Crippen LogP contribution in [0.3, 0.4) is 0 Å². The van der Waals surface area contributed by atoms with E-state index in [1.54, 1.807) is 0 Å². The van der Waals surface area contributed by atoms with Crippen molar-refractivity contribution in [1.29, 1.82) is 0 Å². The van der Waals surface area contributed by atoms with Crippen LogP contribution in [0.15, 0.2) is 29.3 Å². The molecule has 0 saturated carbocycles. The summed E-state index contributed by atoms with van der Waals surface area (Å²) >= 11 is 0. The van der Waals surface area contributed by atoms with Gasteiger partial charge in [0, 0.05) is 19.7 Å². The van der Waals surface area contributed by atoms with Crippen molar-refractivity contribution in [3.05, 3.63) is 35.4 Å². The molecule has 1 aromatic rings. The van der Waals surface area contributed by atoms with Gasteiger partial charge < -0.3 is 15.4 Å². The average Bonchev–Trinajstić information content (AvgIpc) is 2.54. The molecule has 27 heavy (non-hydrogen) atoms. The van der Waals surface area contributed by atoms with E-state index < -0.39 is 24.5 Å². The normalized spacial score (nSPS) is 12.5. The third kappa shape index (κ3) is 12.0. The Hall–Kier alpha value is -1.24. The molecule has 156 valence electrons. The molecule has 0 aliphatic heterocycles. The molecule has 0 heterocycles. The number of hydrogen-bond donors (Lipinski definition) is 2. The van der Waals surface area contributed by atoms with Crippen molar-refractivity contribution >= 4 is 29.9 Å². The summed E-state index contributed by atoms with van der Waals surface area (Å²) in [6.45, 7) is 1.32. The summed E-state index contributed by atoms with van der Waals surface area (Å²) in [5, 5.41) is 5.80. The highest BCUT2D eigenvalue weighted by molar-refractivity contribution is 14.0. The second-order valence-corrected chi connectivity index (χ2v) is 5.34. The van der Waals surface area contributed by atoms with Gasteiger partial charge in [-0.05, 0) is 31.0 Å². The molecule has 1 rings (SSSR count). The Bertz CT molecular complexity index is 578. The van der Waals surface area contributed by atoms with Crippen LogP contribution >= 0.6 is 24.0 Å². The van der Waals surface area contributed by atoms with E-state index in [4.69, 9.17) is 0 Å². The monoisotopic (exact) mass is 513 g/mol. The highest BCUT2D eigenvalue weighted by Crippen LogP contribution is 2.29. The number of alkyl halides is 6. The lowest BCUT2D eigenvalue weighted by Crippen LogP contribution is -2.38. The van der Waals surface area contributed by atoms with Crippen LogP contribution in [0.1, 0.15) is 24.5 Å². The molecule has 0 amide bonds. The molecule has 0 aromatic heterocycles. The van der Waals surface area contributed by atoms with Crippen LogP contribution in [0.2, 0.25) is 0 Å². The number of nitrogens with one attached hydrogen (secondary N) is 2. The Kier molecular flexibility index (Phi) is 11.7. The molecule has 0 saturated heterocycles. The van der Waals surface area contributed by atoms with Gasteiger partial charge in [0.25, 0.3) is 0 Å². The van der Waals surface area contributed by atoms with Crippen LogP contribution in [-0.4, -0.2) is 38.4 Å². The Morgan fingerprint density at radius 2 is 1.81 bits per heavy atom. The highest BCUT2D eigenvalue weighted by atomic mass is 127. The third-order valence-corrected chi connectivity index (χ3v) is 3.04. The number of hydrogen-bond acceptors (Lipinski definition) is 2. The number of aliphatic imine (C=N–C) groups is 1. The molecule has 4 nitrogen and oxygen atoms in total. The van der Waals surface area contributed by atoms with Crippen LogP contribution in [0, 0.1) is 0 Å². The second kappa shape index (κ2) is 12.3. The van der Waals surface area contributed by atoms with Crippen molar-refractivity contribution in [2.24, 2.45) is 4.99 Å². The Balaban J connectivity index is 0.00000676. The largest absolute Gasteiger partial charge is 0.416 e. The fraction of sp³-hybridized carbons (Fsp3) is 0.562. The number of guanidine groups is 1. The second-order valence-electron chi connectivity index (χ2n) is 5.34. The maximum absolute atomic E-state index is 12.7. The van der Waals surface area contributed by atoms with Crippen LogP contribution in [0.5, 0.6) is 0 Å². The zero-order chi connectivity index (χ0) is 19.6. The van der Waals surface area contributed by atoms with Crippen molar-refractivity contribution in [3.63, 3.8) is 0 Å². The summed E-state index contributed by atoms with van der Waals surface area (Å²) in [6, 6.07) is 4.86. The molecule has 0 unspecified atom stereocenters. The molecular formula is C16H22F6IN3O. The number of benzene rings is 1.